The zero-order valence-corrected chi connectivity index (χ0v) is 13.9. The number of hydrogen-bond donors (Lipinski definition) is 1. The Labute approximate surface area is 131 Å². The molecular formula is C19H34O2. The van der Waals surface area contributed by atoms with Crippen molar-refractivity contribution in [1.29, 1.82) is 0 Å². The second kappa shape index (κ2) is 17.0. The number of carboxylic acid groups (broad SMARTS) is 1. The molecule has 0 heterocycles. The first-order chi connectivity index (χ1) is 10.3. The van der Waals surface area contributed by atoms with Crippen molar-refractivity contribution in [3.8, 4) is 0 Å². The third-order valence-electron chi connectivity index (χ3n) is 3.58. The van der Waals surface area contributed by atoms with E-state index in [0.717, 1.165) is 12.8 Å². The van der Waals surface area contributed by atoms with Gasteiger partial charge in [-0.05, 0) is 32.1 Å². The highest BCUT2D eigenvalue weighted by molar-refractivity contribution is 5.66. The Morgan fingerprint density at radius 1 is 0.714 bits per heavy atom. The Morgan fingerprint density at radius 2 is 1.19 bits per heavy atom. The van der Waals surface area contributed by atoms with Crippen molar-refractivity contribution in [3.05, 3.63) is 24.3 Å². The number of hydrogen-bond acceptors (Lipinski definition) is 1. The van der Waals surface area contributed by atoms with E-state index in [-0.39, 0.29) is 6.42 Å². The molecule has 0 spiro atoms. The SMILES string of the molecule is CCCCCCCCCC/C=C/CC/C=C/CCC(=O)O. The standard InChI is InChI=1S/C19H34O2/c1-2-3-4-5-6-7-8-9-10-11-12-13-14-15-16-17-18-19(20)21/h11-12,15-16H,2-10,13-14,17-18H2,1H3,(H,20,21)/b12-11+,16-15+. The summed E-state index contributed by atoms with van der Waals surface area (Å²) in [6, 6.07) is 0. The second-order valence-electron chi connectivity index (χ2n) is 5.72. The number of rotatable bonds is 15. The lowest BCUT2D eigenvalue weighted by Gasteiger charge is -1.99. The average molecular weight is 294 g/mol. The third kappa shape index (κ3) is 18.9. The minimum Gasteiger partial charge on any atom is -0.481 e. The Balaban J connectivity index is 3.17. The summed E-state index contributed by atoms with van der Waals surface area (Å²) in [6.07, 6.45) is 23.8. The van der Waals surface area contributed by atoms with Gasteiger partial charge in [-0.1, -0.05) is 76.2 Å². The van der Waals surface area contributed by atoms with Gasteiger partial charge in [0.2, 0.25) is 0 Å². The molecule has 0 radical (unpaired) electrons. The molecule has 1 N–H and O–H groups in total. The summed E-state index contributed by atoms with van der Waals surface area (Å²) in [5.74, 6) is -0.718. The van der Waals surface area contributed by atoms with E-state index in [0.29, 0.717) is 6.42 Å². The molecule has 0 saturated carbocycles. The summed E-state index contributed by atoms with van der Waals surface area (Å²) in [7, 11) is 0. The number of aliphatic carboxylic acids is 1. The molecule has 0 aromatic heterocycles. The van der Waals surface area contributed by atoms with Crippen LogP contribution in [0.25, 0.3) is 0 Å². The summed E-state index contributed by atoms with van der Waals surface area (Å²) in [5.41, 5.74) is 0. The van der Waals surface area contributed by atoms with Crippen LogP contribution in [0.4, 0.5) is 0 Å². The van der Waals surface area contributed by atoms with Crippen molar-refractivity contribution in [2.45, 2.75) is 90.4 Å². The molecule has 0 unspecified atom stereocenters. The summed E-state index contributed by atoms with van der Waals surface area (Å²) in [5, 5.41) is 8.48. The minimum atomic E-state index is -0.718. The fraction of sp³-hybridized carbons (Fsp3) is 0.737. The Bertz CT molecular complexity index is 279. The van der Waals surface area contributed by atoms with Crippen LogP contribution in [-0.4, -0.2) is 11.1 Å². The van der Waals surface area contributed by atoms with Gasteiger partial charge in [-0.3, -0.25) is 4.79 Å². The minimum absolute atomic E-state index is 0.241. The highest BCUT2D eigenvalue weighted by Crippen LogP contribution is 2.10. The average Bonchev–Trinajstić information content (AvgIpc) is 2.46. The summed E-state index contributed by atoms with van der Waals surface area (Å²) in [6.45, 7) is 2.26. The first-order valence-electron chi connectivity index (χ1n) is 8.79. The molecule has 0 aromatic carbocycles. The first kappa shape index (κ1) is 19.9. The maximum absolute atomic E-state index is 10.3. The number of carbonyl (C=O) groups is 1. The largest absolute Gasteiger partial charge is 0.481 e. The van der Waals surface area contributed by atoms with Crippen molar-refractivity contribution >= 4 is 5.97 Å². The van der Waals surface area contributed by atoms with Gasteiger partial charge in [0.25, 0.3) is 0 Å². The van der Waals surface area contributed by atoms with Gasteiger partial charge >= 0.3 is 5.97 Å². The van der Waals surface area contributed by atoms with Crippen molar-refractivity contribution in [2.75, 3.05) is 0 Å². The maximum atomic E-state index is 10.3. The zero-order valence-electron chi connectivity index (χ0n) is 13.9. The number of unbranched alkanes of at least 4 members (excludes halogenated alkanes) is 9. The lowest BCUT2D eigenvalue weighted by atomic mass is 10.1. The molecule has 2 nitrogen and oxygen atoms in total. The van der Waals surface area contributed by atoms with Crippen LogP contribution in [0.5, 0.6) is 0 Å². The second-order valence-corrected chi connectivity index (χ2v) is 5.72. The van der Waals surface area contributed by atoms with Crippen LogP contribution in [0, 0.1) is 0 Å². The lowest BCUT2D eigenvalue weighted by Crippen LogP contribution is -1.91. The molecule has 2 heteroatoms. The maximum Gasteiger partial charge on any atom is 0.303 e. The molecule has 0 fully saturated rings. The highest BCUT2D eigenvalue weighted by Gasteiger charge is 1.91. The Kier molecular flexibility index (Phi) is 16.2. The first-order valence-corrected chi connectivity index (χ1v) is 8.79. The molecule has 0 aromatic rings. The molecule has 0 bridgehead atoms. The van der Waals surface area contributed by atoms with E-state index in [1.807, 2.05) is 6.08 Å². The van der Waals surface area contributed by atoms with Crippen molar-refractivity contribution in [1.82, 2.24) is 0 Å². The molecule has 122 valence electrons. The fourth-order valence-corrected chi connectivity index (χ4v) is 2.27. The topological polar surface area (TPSA) is 37.3 Å². The van der Waals surface area contributed by atoms with Gasteiger partial charge in [0, 0.05) is 6.42 Å². The van der Waals surface area contributed by atoms with Crippen molar-refractivity contribution in [3.63, 3.8) is 0 Å². The predicted molar refractivity (Wildman–Crippen MR) is 91.6 cm³/mol. The highest BCUT2D eigenvalue weighted by atomic mass is 16.4. The fourth-order valence-electron chi connectivity index (χ4n) is 2.27. The van der Waals surface area contributed by atoms with E-state index < -0.39 is 5.97 Å². The summed E-state index contributed by atoms with van der Waals surface area (Å²) >= 11 is 0. The molecule has 0 aliphatic carbocycles. The summed E-state index contributed by atoms with van der Waals surface area (Å²) in [4.78, 5) is 10.3. The summed E-state index contributed by atoms with van der Waals surface area (Å²) < 4.78 is 0. The van der Waals surface area contributed by atoms with Crippen LogP contribution in [0.15, 0.2) is 24.3 Å². The van der Waals surface area contributed by atoms with Crippen LogP contribution in [0.1, 0.15) is 90.4 Å². The van der Waals surface area contributed by atoms with E-state index in [9.17, 15) is 4.79 Å². The molecule has 0 saturated heterocycles. The third-order valence-corrected chi connectivity index (χ3v) is 3.58. The van der Waals surface area contributed by atoms with E-state index in [1.165, 1.54) is 57.8 Å². The van der Waals surface area contributed by atoms with Crippen LogP contribution in [-0.2, 0) is 4.79 Å². The normalized spacial score (nSPS) is 11.7. The Morgan fingerprint density at radius 3 is 1.76 bits per heavy atom. The van der Waals surface area contributed by atoms with E-state index in [1.54, 1.807) is 0 Å². The predicted octanol–water partition coefficient (Wildman–Crippen LogP) is 6.27. The van der Waals surface area contributed by atoms with E-state index >= 15 is 0 Å². The van der Waals surface area contributed by atoms with Gasteiger partial charge in [-0.2, -0.15) is 0 Å². The smallest absolute Gasteiger partial charge is 0.303 e. The van der Waals surface area contributed by atoms with Crippen LogP contribution < -0.4 is 0 Å². The molecule has 21 heavy (non-hydrogen) atoms. The lowest BCUT2D eigenvalue weighted by molar-refractivity contribution is -0.136. The van der Waals surface area contributed by atoms with Gasteiger partial charge in [0.1, 0.15) is 0 Å². The molecule has 0 atom stereocenters. The van der Waals surface area contributed by atoms with E-state index in [4.69, 9.17) is 5.11 Å². The van der Waals surface area contributed by atoms with Gasteiger partial charge in [-0.15, -0.1) is 0 Å². The zero-order chi connectivity index (χ0) is 15.6. The van der Waals surface area contributed by atoms with Crippen molar-refractivity contribution in [2.24, 2.45) is 0 Å². The molecule has 0 aliphatic rings. The van der Waals surface area contributed by atoms with Crippen LogP contribution >= 0.6 is 0 Å². The van der Waals surface area contributed by atoms with Gasteiger partial charge in [0.15, 0.2) is 0 Å². The monoisotopic (exact) mass is 294 g/mol. The number of carboxylic acids is 1. The van der Waals surface area contributed by atoms with Crippen LogP contribution in [0.3, 0.4) is 0 Å². The van der Waals surface area contributed by atoms with Gasteiger partial charge in [-0.25, -0.2) is 0 Å². The number of allylic oxidation sites excluding steroid dienone is 4. The van der Waals surface area contributed by atoms with Gasteiger partial charge in [0.05, 0.1) is 0 Å². The van der Waals surface area contributed by atoms with Crippen LogP contribution in [0.2, 0.25) is 0 Å². The Hall–Kier alpha value is -1.05. The molecular weight excluding hydrogens is 260 g/mol. The van der Waals surface area contributed by atoms with E-state index in [2.05, 4.69) is 25.2 Å². The molecule has 0 amide bonds. The van der Waals surface area contributed by atoms with Gasteiger partial charge < -0.3 is 5.11 Å². The quantitative estimate of drug-likeness (QED) is 0.285. The van der Waals surface area contributed by atoms with Crippen molar-refractivity contribution < 1.29 is 9.90 Å². The molecule has 0 rings (SSSR count). The molecule has 0 aliphatic heterocycles.